The number of furan rings is 1. The molecule has 96 valence electrons. The molecule has 0 fully saturated rings. The third-order valence-electron chi connectivity index (χ3n) is 2.78. The van der Waals surface area contributed by atoms with Crippen LogP contribution >= 0.6 is 15.9 Å². The van der Waals surface area contributed by atoms with Crippen molar-refractivity contribution < 1.29 is 4.42 Å². The van der Waals surface area contributed by atoms with Crippen molar-refractivity contribution in [1.29, 1.82) is 0 Å². The summed E-state index contributed by atoms with van der Waals surface area (Å²) >= 11 is 3.32. The highest BCUT2D eigenvalue weighted by Crippen LogP contribution is 2.29. The van der Waals surface area contributed by atoms with Crippen LogP contribution in [-0.2, 0) is 0 Å². The average Bonchev–Trinajstić information content (AvgIpc) is 2.76. The Hall–Kier alpha value is -1.42. The Bertz CT molecular complexity index is 522. The molecule has 0 saturated carbocycles. The fourth-order valence-corrected chi connectivity index (χ4v) is 2.17. The second-order valence-corrected chi connectivity index (χ2v) is 5.20. The van der Waals surface area contributed by atoms with Crippen molar-refractivity contribution in [3.8, 4) is 0 Å². The zero-order chi connectivity index (χ0) is 13.1. The molecule has 1 N–H and O–H groups in total. The average molecular weight is 309 g/mol. The van der Waals surface area contributed by atoms with E-state index in [0.29, 0.717) is 0 Å². The minimum Gasteiger partial charge on any atom is -0.452 e. The molecule has 2 rings (SSSR count). The third kappa shape index (κ3) is 2.88. The summed E-state index contributed by atoms with van der Waals surface area (Å²) in [5.74, 6) is 0.912. The molecule has 1 atom stereocenters. The van der Waals surface area contributed by atoms with E-state index in [0.717, 1.165) is 21.8 Å². The lowest BCUT2D eigenvalue weighted by Crippen LogP contribution is -2.13. The number of rotatable bonds is 4. The Kier molecular flexibility index (Phi) is 3.97. The first-order chi connectivity index (χ1) is 8.58. The van der Waals surface area contributed by atoms with Gasteiger partial charge in [-0.05, 0) is 47.1 Å². The number of halogens is 1. The van der Waals surface area contributed by atoms with Crippen molar-refractivity contribution in [2.24, 2.45) is 0 Å². The van der Waals surface area contributed by atoms with E-state index in [1.165, 1.54) is 0 Å². The van der Waals surface area contributed by atoms with Gasteiger partial charge >= 0.3 is 0 Å². The van der Waals surface area contributed by atoms with Gasteiger partial charge in [-0.25, -0.2) is 0 Å². The van der Waals surface area contributed by atoms with Crippen molar-refractivity contribution in [2.75, 3.05) is 24.3 Å². The van der Waals surface area contributed by atoms with Gasteiger partial charge in [0.15, 0.2) is 4.67 Å². The first-order valence-corrected chi connectivity index (χ1v) is 6.65. The van der Waals surface area contributed by atoms with Gasteiger partial charge in [0.25, 0.3) is 0 Å². The van der Waals surface area contributed by atoms with Crippen LogP contribution in [0, 0.1) is 0 Å². The van der Waals surface area contributed by atoms with Crippen molar-refractivity contribution in [1.82, 2.24) is 0 Å². The van der Waals surface area contributed by atoms with Crippen LogP contribution in [0.25, 0.3) is 0 Å². The van der Waals surface area contributed by atoms with Crippen LogP contribution in [0.4, 0.5) is 11.4 Å². The zero-order valence-electron chi connectivity index (χ0n) is 10.8. The molecule has 3 nitrogen and oxygen atoms in total. The van der Waals surface area contributed by atoms with Crippen LogP contribution in [0.2, 0.25) is 0 Å². The molecule has 0 spiro atoms. The van der Waals surface area contributed by atoms with E-state index < -0.39 is 0 Å². The summed E-state index contributed by atoms with van der Waals surface area (Å²) < 4.78 is 6.31. The molecule has 1 aromatic carbocycles. The molecule has 1 heterocycles. The largest absolute Gasteiger partial charge is 0.452 e. The molecular formula is C14H17BrN2O. The van der Waals surface area contributed by atoms with Gasteiger partial charge < -0.3 is 14.6 Å². The van der Waals surface area contributed by atoms with Gasteiger partial charge in [0.2, 0.25) is 0 Å². The Morgan fingerprint density at radius 1 is 1.17 bits per heavy atom. The van der Waals surface area contributed by atoms with Gasteiger partial charge in [0.05, 0.1) is 17.4 Å². The van der Waals surface area contributed by atoms with Crippen LogP contribution in [0.5, 0.6) is 0 Å². The van der Waals surface area contributed by atoms with E-state index in [1.54, 1.807) is 0 Å². The van der Waals surface area contributed by atoms with Crippen molar-refractivity contribution in [3.63, 3.8) is 0 Å². The maximum absolute atomic E-state index is 5.56. The lowest BCUT2D eigenvalue weighted by molar-refractivity contribution is 0.471. The van der Waals surface area contributed by atoms with Gasteiger partial charge in [-0.1, -0.05) is 12.1 Å². The van der Waals surface area contributed by atoms with Crippen LogP contribution < -0.4 is 10.2 Å². The van der Waals surface area contributed by atoms with E-state index in [-0.39, 0.29) is 6.04 Å². The van der Waals surface area contributed by atoms with E-state index in [2.05, 4.69) is 45.2 Å². The SMILES string of the molecule is CC(Nc1ccccc1N(C)C)c1ccc(Br)o1. The fraction of sp³-hybridized carbons (Fsp3) is 0.286. The molecule has 0 aliphatic heterocycles. The van der Waals surface area contributed by atoms with Crippen LogP contribution in [-0.4, -0.2) is 14.1 Å². The maximum Gasteiger partial charge on any atom is 0.169 e. The van der Waals surface area contributed by atoms with Crippen molar-refractivity contribution in [2.45, 2.75) is 13.0 Å². The molecule has 1 unspecified atom stereocenters. The molecular weight excluding hydrogens is 292 g/mol. The molecule has 0 bridgehead atoms. The lowest BCUT2D eigenvalue weighted by Gasteiger charge is -2.20. The number of hydrogen-bond donors (Lipinski definition) is 1. The summed E-state index contributed by atoms with van der Waals surface area (Å²) in [5, 5.41) is 3.47. The van der Waals surface area contributed by atoms with Gasteiger partial charge in [0, 0.05) is 14.1 Å². The first-order valence-electron chi connectivity index (χ1n) is 5.86. The minimum absolute atomic E-state index is 0.123. The van der Waals surface area contributed by atoms with E-state index in [1.807, 2.05) is 38.4 Å². The van der Waals surface area contributed by atoms with Gasteiger partial charge in [-0.2, -0.15) is 0 Å². The molecule has 0 aliphatic rings. The molecule has 4 heteroatoms. The second kappa shape index (κ2) is 5.48. The normalized spacial score (nSPS) is 12.2. The van der Waals surface area contributed by atoms with E-state index >= 15 is 0 Å². The summed E-state index contributed by atoms with van der Waals surface area (Å²) in [4.78, 5) is 2.09. The number of para-hydroxylation sites is 2. The molecule has 18 heavy (non-hydrogen) atoms. The van der Waals surface area contributed by atoms with Crippen molar-refractivity contribution >= 4 is 27.3 Å². The highest BCUT2D eigenvalue weighted by molar-refractivity contribution is 9.10. The van der Waals surface area contributed by atoms with Gasteiger partial charge in [0.1, 0.15) is 5.76 Å². The van der Waals surface area contributed by atoms with E-state index in [4.69, 9.17) is 4.42 Å². The zero-order valence-corrected chi connectivity index (χ0v) is 12.4. The predicted octanol–water partition coefficient (Wildman–Crippen LogP) is 4.28. The highest BCUT2D eigenvalue weighted by atomic mass is 79.9. The smallest absolute Gasteiger partial charge is 0.169 e. The Morgan fingerprint density at radius 3 is 2.50 bits per heavy atom. The lowest BCUT2D eigenvalue weighted by atomic mass is 10.2. The molecule has 0 saturated heterocycles. The second-order valence-electron chi connectivity index (χ2n) is 4.42. The van der Waals surface area contributed by atoms with Gasteiger partial charge in [-0.15, -0.1) is 0 Å². The summed E-state index contributed by atoms with van der Waals surface area (Å²) in [5.41, 5.74) is 2.26. The molecule has 1 aromatic heterocycles. The number of nitrogens with zero attached hydrogens (tertiary/aromatic N) is 1. The van der Waals surface area contributed by atoms with E-state index in [9.17, 15) is 0 Å². The van der Waals surface area contributed by atoms with Crippen LogP contribution in [0.1, 0.15) is 18.7 Å². The monoisotopic (exact) mass is 308 g/mol. The third-order valence-corrected chi connectivity index (χ3v) is 3.20. The van der Waals surface area contributed by atoms with Crippen LogP contribution in [0.3, 0.4) is 0 Å². The quantitative estimate of drug-likeness (QED) is 0.913. The Labute approximate surface area is 116 Å². The molecule has 0 amide bonds. The Morgan fingerprint density at radius 2 is 1.89 bits per heavy atom. The molecule has 2 aromatic rings. The number of anilines is 2. The standard InChI is InChI=1S/C14H17BrN2O/c1-10(13-8-9-14(15)18-13)16-11-6-4-5-7-12(11)17(2)3/h4-10,16H,1-3H3. The minimum atomic E-state index is 0.123. The first kappa shape index (κ1) is 13.0. The summed E-state index contributed by atoms with van der Waals surface area (Å²) in [7, 11) is 4.07. The predicted molar refractivity (Wildman–Crippen MR) is 79.2 cm³/mol. The molecule has 0 radical (unpaired) electrons. The summed E-state index contributed by atoms with van der Waals surface area (Å²) in [6.45, 7) is 2.08. The van der Waals surface area contributed by atoms with Gasteiger partial charge in [-0.3, -0.25) is 0 Å². The summed E-state index contributed by atoms with van der Waals surface area (Å²) in [6, 6.07) is 12.2. The Balaban J connectivity index is 2.19. The topological polar surface area (TPSA) is 28.4 Å². The fourth-order valence-electron chi connectivity index (χ4n) is 1.85. The number of nitrogens with one attached hydrogen (secondary N) is 1. The summed E-state index contributed by atoms with van der Waals surface area (Å²) in [6.07, 6.45) is 0. The number of hydrogen-bond acceptors (Lipinski definition) is 3. The van der Waals surface area contributed by atoms with Crippen LogP contribution in [0.15, 0.2) is 45.5 Å². The highest BCUT2D eigenvalue weighted by Gasteiger charge is 2.12. The number of benzene rings is 1. The maximum atomic E-state index is 5.56. The van der Waals surface area contributed by atoms with Crippen molar-refractivity contribution in [3.05, 3.63) is 46.8 Å². The molecule has 0 aliphatic carbocycles.